The molecule has 1 saturated carbocycles. The Morgan fingerprint density at radius 2 is 1.92 bits per heavy atom. The molecule has 1 heterocycles. The van der Waals surface area contributed by atoms with E-state index in [0.29, 0.717) is 11.1 Å². The Morgan fingerprint density at radius 3 is 2.64 bits per heavy atom. The Hall–Kier alpha value is -0.810. The molecular weight excluding hydrogens is 336 g/mol. The summed E-state index contributed by atoms with van der Waals surface area (Å²) in [5, 5.41) is 19.5. The molecule has 2 N–H and O–H groups in total. The predicted molar refractivity (Wildman–Crippen MR) is 102 cm³/mol. The van der Waals surface area contributed by atoms with Crippen molar-refractivity contribution >= 4 is 11.6 Å². The first-order chi connectivity index (χ1) is 12.2. The molecule has 1 aliphatic heterocycles. The van der Waals surface area contributed by atoms with Gasteiger partial charge >= 0.3 is 0 Å². The maximum Gasteiger partial charge on any atom is 0.134 e. The van der Waals surface area contributed by atoms with Crippen molar-refractivity contribution in [1.29, 1.82) is 0 Å². The van der Waals surface area contributed by atoms with Crippen LogP contribution in [0.2, 0.25) is 5.02 Å². The minimum atomic E-state index is 0.140. The van der Waals surface area contributed by atoms with Gasteiger partial charge in [0.1, 0.15) is 5.75 Å². The minimum absolute atomic E-state index is 0.140. The number of hydrogen-bond acceptors (Lipinski definition) is 4. The first-order valence-electron chi connectivity index (χ1n) is 9.70. The van der Waals surface area contributed by atoms with Crippen LogP contribution in [0, 0.1) is 5.92 Å². The molecule has 2 fully saturated rings. The second kappa shape index (κ2) is 9.22. The zero-order valence-corrected chi connectivity index (χ0v) is 15.8. The largest absolute Gasteiger partial charge is 0.506 e. The van der Waals surface area contributed by atoms with Crippen molar-refractivity contribution in [3.63, 3.8) is 0 Å². The SMILES string of the molecule is OCCC1CN(Cc2ccc(O)c(Cl)c2)CCN1CC1CCCCC1. The lowest BCUT2D eigenvalue weighted by Crippen LogP contribution is -2.54. The fraction of sp³-hybridized carbons (Fsp3) is 0.700. The molecule has 25 heavy (non-hydrogen) atoms. The third kappa shape index (κ3) is 5.33. The van der Waals surface area contributed by atoms with E-state index in [1.807, 2.05) is 12.1 Å². The average Bonchev–Trinajstić information content (AvgIpc) is 2.62. The summed E-state index contributed by atoms with van der Waals surface area (Å²) in [6, 6.07) is 5.90. The number of nitrogens with zero attached hydrogens (tertiary/aromatic N) is 2. The Labute approximate surface area is 156 Å². The molecule has 140 valence electrons. The lowest BCUT2D eigenvalue weighted by molar-refractivity contribution is 0.0400. The van der Waals surface area contributed by atoms with E-state index >= 15 is 0 Å². The quantitative estimate of drug-likeness (QED) is 0.809. The normalized spacial score (nSPS) is 23.8. The Kier molecular flexibility index (Phi) is 7.00. The Balaban J connectivity index is 1.57. The van der Waals surface area contributed by atoms with E-state index in [4.69, 9.17) is 11.6 Å². The van der Waals surface area contributed by atoms with E-state index < -0.39 is 0 Å². The van der Waals surface area contributed by atoms with Gasteiger partial charge in [-0.15, -0.1) is 0 Å². The molecule has 4 nitrogen and oxygen atoms in total. The lowest BCUT2D eigenvalue weighted by atomic mass is 9.88. The number of phenols is 1. The number of rotatable bonds is 6. The standard InChI is InChI=1S/C20H31ClN2O2/c21-19-12-17(6-7-20(19)25)13-22-9-10-23(18(15-22)8-11-24)14-16-4-2-1-3-5-16/h6-7,12,16,18,24-25H,1-5,8-11,13-15H2. The van der Waals surface area contributed by atoms with E-state index in [9.17, 15) is 10.2 Å². The summed E-state index contributed by atoms with van der Waals surface area (Å²) in [7, 11) is 0. The van der Waals surface area contributed by atoms with Crippen molar-refractivity contribution in [3.05, 3.63) is 28.8 Å². The van der Waals surface area contributed by atoms with Gasteiger partial charge < -0.3 is 10.2 Å². The number of piperazine rings is 1. The molecule has 0 aromatic heterocycles. The molecule has 1 aromatic rings. The van der Waals surface area contributed by atoms with Gasteiger partial charge in [-0.25, -0.2) is 0 Å². The fourth-order valence-corrected chi connectivity index (χ4v) is 4.58. The van der Waals surface area contributed by atoms with Crippen LogP contribution in [0.25, 0.3) is 0 Å². The van der Waals surface area contributed by atoms with Crippen LogP contribution in [0.1, 0.15) is 44.1 Å². The highest BCUT2D eigenvalue weighted by atomic mass is 35.5. The van der Waals surface area contributed by atoms with Gasteiger partial charge in [-0.3, -0.25) is 9.80 Å². The number of halogens is 1. The topological polar surface area (TPSA) is 46.9 Å². The van der Waals surface area contributed by atoms with Crippen molar-refractivity contribution < 1.29 is 10.2 Å². The number of hydrogen-bond donors (Lipinski definition) is 2. The van der Waals surface area contributed by atoms with Crippen molar-refractivity contribution in [2.45, 2.75) is 51.1 Å². The third-order valence-corrected chi connectivity index (χ3v) is 6.09. The molecule has 1 atom stereocenters. The number of aromatic hydroxyl groups is 1. The highest BCUT2D eigenvalue weighted by Gasteiger charge is 2.28. The molecule has 0 bridgehead atoms. The first-order valence-corrected chi connectivity index (χ1v) is 10.1. The monoisotopic (exact) mass is 366 g/mol. The lowest BCUT2D eigenvalue weighted by Gasteiger charge is -2.43. The molecule has 1 saturated heterocycles. The molecule has 0 radical (unpaired) electrons. The first kappa shape index (κ1) is 19.0. The highest BCUT2D eigenvalue weighted by molar-refractivity contribution is 6.32. The maximum atomic E-state index is 9.57. The summed E-state index contributed by atoms with van der Waals surface area (Å²) in [5.41, 5.74) is 1.13. The van der Waals surface area contributed by atoms with E-state index in [2.05, 4.69) is 9.80 Å². The van der Waals surface area contributed by atoms with E-state index in [1.54, 1.807) is 6.07 Å². The fourth-order valence-electron chi connectivity index (χ4n) is 4.37. The van der Waals surface area contributed by atoms with Crippen LogP contribution in [0.5, 0.6) is 5.75 Å². The average molecular weight is 367 g/mol. The van der Waals surface area contributed by atoms with Gasteiger partial charge in [0.25, 0.3) is 0 Å². The van der Waals surface area contributed by atoms with Crippen molar-refractivity contribution in [2.75, 3.05) is 32.8 Å². The smallest absolute Gasteiger partial charge is 0.134 e. The van der Waals surface area contributed by atoms with Gasteiger partial charge in [0.2, 0.25) is 0 Å². The van der Waals surface area contributed by atoms with Crippen molar-refractivity contribution in [3.8, 4) is 5.75 Å². The second-order valence-corrected chi connectivity index (χ2v) is 8.09. The Bertz CT molecular complexity index is 548. The minimum Gasteiger partial charge on any atom is -0.506 e. The van der Waals surface area contributed by atoms with Gasteiger partial charge in [-0.2, -0.15) is 0 Å². The van der Waals surface area contributed by atoms with Gasteiger partial charge in [0.05, 0.1) is 5.02 Å². The molecule has 3 rings (SSSR count). The van der Waals surface area contributed by atoms with Gasteiger partial charge in [0, 0.05) is 45.4 Å². The van der Waals surface area contributed by atoms with Crippen LogP contribution < -0.4 is 0 Å². The third-order valence-electron chi connectivity index (χ3n) is 5.79. The zero-order valence-electron chi connectivity index (χ0n) is 15.0. The van der Waals surface area contributed by atoms with E-state index in [1.165, 1.54) is 38.6 Å². The number of aliphatic hydroxyl groups excluding tert-OH is 1. The van der Waals surface area contributed by atoms with E-state index in [-0.39, 0.29) is 12.4 Å². The van der Waals surface area contributed by atoms with Gasteiger partial charge in [-0.1, -0.05) is 36.9 Å². The summed E-state index contributed by atoms with van der Waals surface area (Å²) >= 11 is 6.03. The van der Waals surface area contributed by atoms with Crippen LogP contribution in [-0.2, 0) is 6.54 Å². The van der Waals surface area contributed by atoms with E-state index in [0.717, 1.165) is 44.1 Å². The number of benzene rings is 1. The molecular formula is C20H31ClN2O2. The summed E-state index contributed by atoms with van der Waals surface area (Å²) < 4.78 is 0. The Morgan fingerprint density at radius 1 is 1.12 bits per heavy atom. The van der Waals surface area contributed by atoms with Crippen LogP contribution in [0.15, 0.2) is 18.2 Å². The molecule has 1 unspecified atom stereocenters. The summed E-state index contributed by atoms with van der Waals surface area (Å²) in [6.07, 6.45) is 7.77. The van der Waals surface area contributed by atoms with Crippen LogP contribution >= 0.6 is 11.6 Å². The zero-order chi connectivity index (χ0) is 17.6. The van der Waals surface area contributed by atoms with Gasteiger partial charge in [-0.05, 0) is 42.9 Å². The molecule has 5 heteroatoms. The summed E-state index contributed by atoms with van der Waals surface area (Å²) in [5.74, 6) is 0.985. The van der Waals surface area contributed by atoms with Crippen LogP contribution in [0.3, 0.4) is 0 Å². The predicted octanol–water partition coefficient (Wildman–Crippen LogP) is 3.49. The molecule has 1 aromatic carbocycles. The highest BCUT2D eigenvalue weighted by Crippen LogP contribution is 2.27. The molecule has 0 spiro atoms. The van der Waals surface area contributed by atoms with Crippen molar-refractivity contribution in [2.24, 2.45) is 5.92 Å². The molecule has 1 aliphatic carbocycles. The van der Waals surface area contributed by atoms with Crippen LogP contribution in [-0.4, -0.2) is 58.8 Å². The van der Waals surface area contributed by atoms with Crippen molar-refractivity contribution in [1.82, 2.24) is 9.80 Å². The summed E-state index contributed by atoms with van der Waals surface area (Å²) in [6.45, 7) is 5.42. The van der Waals surface area contributed by atoms with Gasteiger partial charge in [0.15, 0.2) is 0 Å². The molecule has 2 aliphatic rings. The molecule has 0 amide bonds. The second-order valence-electron chi connectivity index (χ2n) is 7.69. The number of aliphatic hydroxyl groups is 1. The summed E-state index contributed by atoms with van der Waals surface area (Å²) in [4.78, 5) is 5.06. The van der Waals surface area contributed by atoms with Crippen LogP contribution in [0.4, 0.5) is 0 Å². The number of phenolic OH excluding ortho intramolecular Hbond substituents is 1. The maximum absolute atomic E-state index is 9.57.